The predicted octanol–water partition coefficient (Wildman–Crippen LogP) is 4.89. The van der Waals surface area contributed by atoms with Gasteiger partial charge in [0.05, 0.1) is 0 Å². The molecule has 1 nitrogen and oxygen atoms in total. The molecular formula is C13H7ClF4O. The van der Waals surface area contributed by atoms with Crippen LogP contribution in [0.4, 0.5) is 17.6 Å². The molecule has 0 saturated carbocycles. The lowest BCUT2D eigenvalue weighted by molar-refractivity contribution is -0.0498. The van der Waals surface area contributed by atoms with Gasteiger partial charge >= 0.3 is 6.61 Å². The summed E-state index contributed by atoms with van der Waals surface area (Å²) in [7, 11) is 0. The van der Waals surface area contributed by atoms with E-state index in [0.29, 0.717) is 0 Å². The van der Waals surface area contributed by atoms with Gasteiger partial charge in [0.15, 0.2) is 11.6 Å². The molecule has 0 aliphatic carbocycles. The fourth-order valence-electron chi connectivity index (χ4n) is 1.60. The minimum atomic E-state index is -3.01. The molecule has 0 bridgehead atoms. The van der Waals surface area contributed by atoms with Crippen molar-refractivity contribution in [2.75, 3.05) is 0 Å². The Morgan fingerprint density at radius 3 is 2.42 bits per heavy atom. The zero-order valence-corrected chi connectivity index (χ0v) is 10.1. The minimum Gasteiger partial charge on any atom is -0.435 e. The summed E-state index contributed by atoms with van der Waals surface area (Å²) in [4.78, 5) is 0. The highest BCUT2D eigenvalue weighted by atomic mass is 35.5. The summed E-state index contributed by atoms with van der Waals surface area (Å²) in [5.74, 6) is -2.33. The zero-order valence-electron chi connectivity index (χ0n) is 9.34. The third-order valence-corrected chi connectivity index (χ3v) is 2.73. The highest BCUT2D eigenvalue weighted by Gasteiger charge is 2.14. The first-order valence-corrected chi connectivity index (χ1v) is 5.55. The van der Waals surface area contributed by atoms with Gasteiger partial charge in [-0.25, -0.2) is 8.78 Å². The van der Waals surface area contributed by atoms with E-state index < -0.39 is 18.2 Å². The molecule has 0 radical (unpaired) electrons. The average Bonchev–Trinajstić information content (AvgIpc) is 2.35. The lowest BCUT2D eigenvalue weighted by Crippen LogP contribution is -2.02. The second-order valence-corrected chi connectivity index (χ2v) is 4.03. The van der Waals surface area contributed by atoms with Crippen molar-refractivity contribution in [3.8, 4) is 16.9 Å². The van der Waals surface area contributed by atoms with Crippen LogP contribution < -0.4 is 4.74 Å². The maximum atomic E-state index is 13.6. The molecule has 100 valence electrons. The Morgan fingerprint density at radius 2 is 1.74 bits per heavy atom. The lowest BCUT2D eigenvalue weighted by Gasteiger charge is -2.10. The maximum Gasteiger partial charge on any atom is 0.387 e. The predicted molar refractivity (Wildman–Crippen MR) is 63.4 cm³/mol. The molecule has 0 amide bonds. The molecule has 2 aromatic carbocycles. The van der Waals surface area contributed by atoms with Crippen molar-refractivity contribution < 1.29 is 22.3 Å². The molecule has 0 aromatic heterocycles. The van der Waals surface area contributed by atoms with Crippen molar-refractivity contribution in [3.63, 3.8) is 0 Å². The Balaban J connectivity index is 2.51. The van der Waals surface area contributed by atoms with Crippen LogP contribution in [0.2, 0.25) is 5.02 Å². The van der Waals surface area contributed by atoms with Gasteiger partial charge in [0.2, 0.25) is 0 Å². The van der Waals surface area contributed by atoms with Gasteiger partial charge in [-0.05, 0) is 24.3 Å². The molecule has 0 heterocycles. The number of benzene rings is 2. The number of rotatable bonds is 3. The SMILES string of the molecule is Fc1cccc(-c2cc(OC(F)F)ccc2Cl)c1F. The van der Waals surface area contributed by atoms with E-state index >= 15 is 0 Å². The van der Waals surface area contributed by atoms with E-state index in [2.05, 4.69) is 4.74 Å². The molecule has 0 aliphatic rings. The summed E-state index contributed by atoms with van der Waals surface area (Å²) < 4.78 is 55.2. The maximum absolute atomic E-state index is 13.6. The molecule has 2 rings (SSSR count). The Hall–Kier alpha value is -1.75. The topological polar surface area (TPSA) is 9.23 Å². The van der Waals surface area contributed by atoms with Crippen LogP contribution in [0.15, 0.2) is 36.4 Å². The molecule has 0 spiro atoms. The molecule has 2 aromatic rings. The van der Waals surface area contributed by atoms with Crippen LogP contribution in [-0.4, -0.2) is 6.61 Å². The molecule has 0 N–H and O–H groups in total. The van der Waals surface area contributed by atoms with Gasteiger partial charge in [-0.1, -0.05) is 23.7 Å². The first-order valence-electron chi connectivity index (χ1n) is 5.18. The van der Waals surface area contributed by atoms with Crippen molar-refractivity contribution in [1.29, 1.82) is 0 Å². The number of hydrogen-bond donors (Lipinski definition) is 0. The van der Waals surface area contributed by atoms with E-state index in [0.717, 1.165) is 12.1 Å². The van der Waals surface area contributed by atoms with E-state index in [1.165, 1.54) is 24.3 Å². The van der Waals surface area contributed by atoms with Crippen LogP contribution in [0, 0.1) is 11.6 Å². The van der Waals surface area contributed by atoms with Gasteiger partial charge < -0.3 is 4.74 Å². The van der Waals surface area contributed by atoms with Gasteiger partial charge in [0, 0.05) is 16.1 Å². The minimum absolute atomic E-state index is 0.0804. The summed E-state index contributed by atoms with van der Waals surface area (Å²) in [6.07, 6.45) is 0. The number of ether oxygens (including phenoxy) is 1. The fraction of sp³-hybridized carbons (Fsp3) is 0.0769. The third-order valence-electron chi connectivity index (χ3n) is 2.40. The van der Waals surface area contributed by atoms with E-state index in [9.17, 15) is 17.6 Å². The van der Waals surface area contributed by atoms with Crippen LogP contribution >= 0.6 is 11.6 Å². The Kier molecular flexibility index (Phi) is 3.95. The van der Waals surface area contributed by atoms with Crippen LogP contribution in [0.1, 0.15) is 0 Å². The standard InChI is InChI=1S/C13H7ClF4O/c14-10-5-4-7(19-13(17)18)6-9(10)8-2-1-3-11(15)12(8)16/h1-6,13H. The average molecular weight is 291 g/mol. The van der Waals surface area contributed by atoms with Crippen LogP contribution in [0.3, 0.4) is 0 Å². The van der Waals surface area contributed by atoms with Crippen LogP contribution in [0.25, 0.3) is 11.1 Å². The van der Waals surface area contributed by atoms with Gasteiger partial charge in [-0.3, -0.25) is 0 Å². The first kappa shape index (κ1) is 13.7. The molecule has 0 atom stereocenters. The Labute approximate surface area is 111 Å². The van der Waals surface area contributed by atoms with Gasteiger partial charge in [0.1, 0.15) is 5.75 Å². The van der Waals surface area contributed by atoms with Crippen molar-refractivity contribution in [1.82, 2.24) is 0 Å². The number of hydrogen-bond acceptors (Lipinski definition) is 1. The number of halogens is 5. The highest BCUT2D eigenvalue weighted by Crippen LogP contribution is 2.34. The summed E-state index contributed by atoms with van der Waals surface area (Å²) in [6, 6.07) is 7.17. The Bertz CT molecular complexity index is 601. The second-order valence-electron chi connectivity index (χ2n) is 3.62. The fourth-order valence-corrected chi connectivity index (χ4v) is 1.82. The summed E-state index contributed by atoms with van der Waals surface area (Å²) in [5, 5.41) is 0.103. The smallest absolute Gasteiger partial charge is 0.387 e. The van der Waals surface area contributed by atoms with Crippen molar-refractivity contribution in [3.05, 3.63) is 53.1 Å². The Morgan fingerprint density at radius 1 is 1.00 bits per heavy atom. The lowest BCUT2D eigenvalue weighted by atomic mass is 10.0. The molecule has 19 heavy (non-hydrogen) atoms. The molecule has 0 saturated heterocycles. The van der Waals surface area contributed by atoms with Crippen molar-refractivity contribution >= 4 is 11.6 Å². The quantitative estimate of drug-likeness (QED) is 0.732. The molecule has 0 fully saturated rings. The van der Waals surface area contributed by atoms with Gasteiger partial charge in [-0.15, -0.1) is 0 Å². The number of alkyl halides is 2. The largest absolute Gasteiger partial charge is 0.435 e. The van der Waals surface area contributed by atoms with E-state index in [-0.39, 0.29) is 21.9 Å². The highest BCUT2D eigenvalue weighted by molar-refractivity contribution is 6.33. The van der Waals surface area contributed by atoms with Gasteiger partial charge in [-0.2, -0.15) is 8.78 Å². The van der Waals surface area contributed by atoms with E-state index in [1.54, 1.807) is 0 Å². The summed E-state index contributed by atoms with van der Waals surface area (Å²) in [6.45, 7) is -3.01. The molecule has 0 aliphatic heterocycles. The summed E-state index contributed by atoms with van der Waals surface area (Å²) in [5.41, 5.74) is -0.0402. The van der Waals surface area contributed by atoms with Crippen molar-refractivity contribution in [2.24, 2.45) is 0 Å². The molecule has 0 unspecified atom stereocenters. The molecule has 6 heteroatoms. The van der Waals surface area contributed by atoms with E-state index in [4.69, 9.17) is 11.6 Å². The molecular weight excluding hydrogens is 284 g/mol. The third kappa shape index (κ3) is 2.98. The van der Waals surface area contributed by atoms with E-state index in [1.807, 2.05) is 0 Å². The second kappa shape index (κ2) is 5.48. The monoisotopic (exact) mass is 290 g/mol. The zero-order chi connectivity index (χ0) is 14.0. The first-order chi connectivity index (χ1) is 8.99. The van der Waals surface area contributed by atoms with Crippen LogP contribution in [0.5, 0.6) is 5.75 Å². The summed E-state index contributed by atoms with van der Waals surface area (Å²) >= 11 is 5.86. The van der Waals surface area contributed by atoms with Gasteiger partial charge in [0.25, 0.3) is 0 Å². The van der Waals surface area contributed by atoms with Crippen LogP contribution in [-0.2, 0) is 0 Å². The van der Waals surface area contributed by atoms with Crippen molar-refractivity contribution in [2.45, 2.75) is 6.61 Å². The normalized spacial score (nSPS) is 10.8.